The minimum Gasteiger partial charge on any atom is -0.384 e. The van der Waals surface area contributed by atoms with Crippen LogP contribution in [0.2, 0.25) is 0 Å². The van der Waals surface area contributed by atoms with Crippen molar-refractivity contribution in [1.82, 2.24) is 15.5 Å². The van der Waals surface area contributed by atoms with Crippen molar-refractivity contribution in [1.29, 1.82) is 5.26 Å². The van der Waals surface area contributed by atoms with Gasteiger partial charge in [-0.15, -0.1) is 0 Å². The molecule has 1 fully saturated rings. The fourth-order valence-corrected chi connectivity index (χ4v) is 4.18. The number of nitrogens with one attached hydrogen (secondary N) is 4. The molecule has 0 radical (unpaired) electrons. The van der Waals surface area contributed by atoms with Crippen LogP contribution in [0.15, 0.2) is 42.5 Å². The maximum absolute atomic E-state index is 13.1. The molecule has 1 atom stereocenters. The van der Waals surface area contributed by atoms with Crippen LogP contribution in [0.5, 0.6) is 0 Å². The summed E-state index contributed by atoms with van der Waals surface area (Å²) in [4.78, 5) is 62.6. The summed E-state index contributed by atoms with van der Waals surface area (Å²) in [6.45, 7) is 0.906. The van der Waals surface area contributed by atoms with E-state index in [1.807, 2.05) is 6.07 Å². The van der Waals surface area contributed by atoms with Crippen LogP contribution in [0.3, 0.4) is 0 Å². The molecule has 0 saturated carbocycles. The molecule has 0 bridgehead atoms. The van der Waals surface area contributed by atoms with E-state index in [1.54, 1.807) is 42.5 Å². The number of hydrogen-bond donors (Lipinski definition) is 4. The summed E-state index contributed by atoms with van der Waals surface area (Å²) in [7, 11) is 0. The van der Waals surface area contributed by atoms with Gasteiger partial charge in [0.25, 0.3) is 11.8 Å². The lowest BCUT2D eigenvalue weighted by molar-refractivity contribution is -0.136. The molecule has 1 saturated heterocycles. The number of nitrogens with zero attached hydrogens (tertiary/aromatic N) is 2. The smallest absolute Gasteiger partial charge is 0.319 e. The van der Waals surface area contributed by atoms with E-state index >= 15 is 0 Å². The molecular weight excluding hydrogens is 464 g/mol. The molecule has 184 valence electrons. The first kappa shape index (κ1) is 24.4. The average Bonchev–Trinajstić information content (AvgIpc) is 3.12. The Hall–Kier alpha value is -4.72. The van der Waals surface area contributed by atoms with Crippen molar-refractivity contribution in [3.63, 3.8) is 0 Å². The fourth-order valence-electron chi connectivity index (χ4n) is 4.18. The number of amides is 6. The van der Waals surface area contributed by atoms with Gasteiger partial charge in [0.2, 0.25) is 11.8 Å². The maximum Gasteiger partial charge on any atom is 0.319 e. The molecule has 1 unspecified atom stereocenters. The number of carbonyl (C=O) groups is 5. The lowest BCUT2D eigenvalue weighted by atomic mass is 10.0. The number of imide groups is 2. The van der Waals surface area contributed by atoms with Crippen molar-refractivity contribution in [2.24, 2.45) is 0 Å². The molecule has 2 aliphatic heterocycles. The molecule has 6 amide bonds. The van der Waals surface area contributed by atoms with E-state index in [2.05, 4.69) is 21.3 Å². The van der Waals surface area contributed by atoms with Crippen LogP contribution < -0.4 is 21.3 Å². The van der Waals surface area contributed by atoms with Gasteiger partial charge in [0.15, 0.2) is 0 Å². The van der Waals surface area contributed by atoms with Gasteiger partial charge in [0.05, 0.1) is 22.8 Å². The third-order valence-electron chi connectivity index (χ3n) is 5.92. The first-order valence-electron chi connectivity index (χ1n) is 11.5. The number of benzene rings is 2. The lowest BCUT2D eigenvalue weighted by Gasteiger charge is -2.27. The van der Waals surface area contributed by atoms with Crippen LogP contribution in [0, 0.1) is 11.3 Å². The highest BCUT2D eigenvalue weighted by Gasteiger charge is 2.45. The third-order valence-corrected chi connectivity index (χ3v) is 5.92. The zero-order valence-electron chi connectivity index (χ0n) is 19.3. The number of fused-ring (bicyclic) bond motifs is 1. The standard InChI is InChI=1S/C25H24N6O5/c26-14-15-5-3-6-16(13-15)29-25(36)28-12-2-1-11-27-18-8-4-7-17-21(18)24(35)31(23(17)34)19-9-10-20(32)30-22(19)33/h3-8,13,19,27H,1-2,9-12H2,(H2,28,29,36)(H,30,32,33). The van der Waals surface area contributed by atoms with E-state index in [-0.39, 0.29) is 30.0 Å². The number of hydrogen-bond acceptors (Lipinski definition) is 7. The second-order valence-electron chi connectivity index (χ2n) is 8.38. The van der Waals surface area contributed by atoms with Gasteiger partial charge in [0, 0.05) is 30.9 Å². The molecule has 11 heteroatoms. The topological polar surface area (TPSA) is 160 Å². The van der Waals surface area contributed by atoms with Crippen molar-refractivity contribution in [3.05, 3.63) is 59.2 Å². The molecular formula is C25H24N6O5. The van der Waals surface area contributed by atoms with Crippen LogP contribution in [0.25, 0.3) is 0 Å². The number of nitriles is 1. The van der Waals surface area contributed by atoms with Gasteiger partial charge < -0.3 is 16.0 Å². The predicted octanol–water partition coefficient (Wildman–Crippen LogP) is 1.97. The van der Waals surface area contributed by atoms with Gasteiger partial charge in [0.1, 0.15) is 6.04 Å². The molecule has 0 aliphatic carbocycles. The Bertz CT molecular complexity index is 1280. The predicted molar refractivity (Wildman–Crippen MR) is 129 cm³/mol. The fraction of sp³-hybridized carbons (Fsp3) is 0.280. The zero-order valence-corrected chi connectivity index (χ0v) is 19.3. The Morgan fingerprint density at radius 1 is 1.06 bits per heavy atom. The van der Waals surface area contributed by atoms with Crippen LogP contribution in [0.1, 0.15) is 52.0 Å². The van der Waals surface area contributed by atoms with E-state index in [9.17, 15) is 24.0 Å². The van der Waals surface area contributed by atoms with E-state index in [1.165, 1.54) is 0 Å². The minimum absolute atomic E-state index is 0.0627. The van der Waals surface area contributed by atoms with Gasteiger partial charge in [-0.25, -0.2) is 4.79 Å². The molecule has 4 N–H and O–H groups in total. The van der Waals surface area contributed by atoms with E-state index in [4.69, 9.17) is 5.26 Å². The van der Waals surface area contributed by atoms with Crippen molar-refractivity contribution in [2.75, 3.05) is 23.7 Å². The number of rotatable bonds is 8. The molecule has 2 aliphatic rings. The summed E-state index contributed by atoms with van der Waals surface area (Å²) in [5.41, 5.74) is 1.89. The molecule has 0 aromatic heterocycles. The highest BCUT2D eigenvalue weighted by Crippen LogP contribution is 2.32. The van der Waals surface area contributed by atoms with Crippen LogP contribution in [0.4, 0.5) is 16.2 Å². The number of piperidine rings is 1. The summed E-state index contributed by atoms with van der Waals surface area (Å²) in [5, 5.41) is 19.7. The lowest BCUT2D eigenvalue weighted by Crippen LogP contribution is -2.54. The van der Waals surface area contributed by atoms with Crippen LogP contribution in [-0.2, 0) is 9.59 Å². The van der Waals surface area contributed by atoms with Crippen molar-refractivity contribution in [2.45, 2.75) is 31.7 Å². The number of urea groups is 1. The Kier molecular flexibility index (Phi) is 7.25. The monoisotopic (exact) mass is 488 g/mol. The van der Waals surface area contributed by atoms with Gasteiger partial charge in [-0.05, 0) is 49.6 Å². The summed E-state index contributed by atoms with van der Waals surface area (Å²) in [5.74, 6) is -2.19. The Balaban J connectivity index is 1.26. The number of anilines is 2. The summed E-state index contributed by atoms with van der Waals surface area (Å²) in [6, 6.07) is 12.1. The second-order valence-corrected chi connectivity index (χ2v) is 8.38. The second kappa shape index (κ2) is 10.7. The van der Waals surface area contributed by atoms with Crippen molar-refractivity contribution in [3.8, 4) is 6.07 Å². The quantitative estimate of drug-likeness (QED) is 0.326. The van der Waals surface area contributed by atoms with Crippen molar-refractivity contribution >= 4 is 41.0 Å². The SMILES string of the molecule is N#Cc1cccc(NC(=O)NCCCCNc2cccc3c2C(=O)N(C2CCC(=O)NC2=O)C3=O)c1. The van der Waals surface area contributed by atoms with E-state index in [0.717, 1.165) is 4.90 Å². The Morgan fingerprint density at radius 3 is 2.61 bits per heavy atom. The Labute approximate surface area is 206 Å². The Morgan fingerprint density at radius 2 is 1.83 bits per heavy atom. The van der Waals surface area contributed by atoms with Crippen LogP contribution >= 0.6 is 0 Å². The summed E-state index contributed by atoms with van der Waals surface area (Å²) in [6.07, 6.45) is 1.49. The number of carbonyl (C=O) groups excluding carboxylic acids is 5. The van der Waals surface area contributed by atoms with Gasteiger partial charge in [-0.1, -0.05) is 12.1 Å². The molecule has 11 nitrogen and oxygen atoms in total. The van der Waals surface area contributed by atoms with E-state index < -0.39 is 29.7 Å². The van der Waals surface area contributed by atoms with E-state index in [0.29, 0.717) is 42.9 Å². The molecule has 0 spiro atoms. The first-order chi connectivity index (χ1) is 17.4. The largest absolute Gasteiger partial charge is 0.384 e. The van der Waals surface area contributed by atoms with Gasteiger partial charge in [-0.2, -0.15) is 5.26 Å². The molecule has 36 heavy (non-hydrogen) atoms. The summed E-state index contributed by atoms with van der Waals surface area (Å²) < 4.78 is 0. The van der Waals surface area contributed by atoms with Gasteiger partial charge in [-0.3, -0.25) is 29.4 Å². The van der Waals surface area contributed by atoms with Crippen molar-refractivity contribution < 1.29 is 24.0 Å². The highest BCUT2D eigenvalue weighted by atomic mass is 16.2. The maximum atomic E-state index is 13.1. The molecule has 2 aromatic carbocycles. The zero-order chi connectivity index (χ0) is 25.7. The highest BCUT2D eigenvalue weighted by molar-refractivity contribution is 6.25. The summed E-state index contributed by atoms with van der Waals surface area (Å²) >= 11 is 0. The van der Waals surface area contributed by atoms with Gasteiger partial charge >= 0.3 is 6.03 Å². The molecule has 2 aromatic rings. The first-order valence-corrected chi connectivity index (χ1v) is 11.5. The third kappa shape index (κ3) is 5.17. The normalized spacial score (nSPS) is 16.8. The number of unbranched alkanes of at least 4 members (excludes halogenated alkanes) is 1. The molecule has 2 heterocycles. The van der Waals surface area contributed by atoms with Crippen LogP contribution in [-0.4, -0.2) is 53.7 Å². The molecule has 4 rings (SSSR count). The average molecular weight is 489 g/mol. The minimum atomic E-state index is -1.01.